The summed E-state index contributed by atoms with van der Waals surface area (Å²) in [6.45, 7) is 3.24. The number of carbonyl (C=O) groups excluding carboxylic acids is 1. The van der Waals surface area contributed by atoms with Crippen molar-refractivity contribution in [3.05, 3.63) is 36.0 Å². The van der Waals surface area contributed by atoms with Gasteiger partial charge in [0.25, 0.3) is 0 Å². The van der Waals surface area contributed by atoms with Gasteiger partial charge in [-0.05, 0) is 31.4 Å². The van der Waals surface area contributed by atoms with E-state index in [1.165, 1.54) is 0 Å². The van der Waals surface area contributed by atoms with Gasteiger partial charge in [-0.25, -0.2) is 0 Å². The van der Waals surface area contributed by atoms with E-state index in [0.29, 0.717) is 19.6 Å². The summed E-state index contributed by atoms with van der Waals surface area (Å²) in [7, 11) is 0. The first-order valence-electron chi connectivity index (χ1n) is 7.28. The Kier molecular flexibility index (Phi) is 3.69. The Labute approximate surface area is 123 Å². The normalized spacial score (nSPS) is 23.3. The van der Waals surface area contributed by atoms with Crippen molar-refractivity contribution >= 4 is 16.8 Å². The second-order valence-corrected chi connectivity index (χ2v) is 6.02. The lowest BCUT2D eigenvalue weighted by Crippen LogP contribution is -2.53. The molecule has 1 aliphatic heterocycles. The zero-order valence-corrected chi connectivity index (χ0v) is 12.2. The molecule has 5 heteroatoms. The summed E-state index contributed by atoms with van der Waals surface area (Å²) in [6, 6.07) is 7.47. The Morgan fingerprint density at radius 1 is 1.52 bits per heavy atom. The topological polar surface area (TPSA) is 80.1 Å². The van der Waals surface area contributed by atoms with Crippen molar-refractivity contribution in [3.8, 4) is 0 Å². The molecule has 112 valence electrons. The minimum absolute atomic E-state index is 0.117. The van der Waals surface area contributed by atoms with E-state index in [1.807, 2.05) is 37.4 Å². The second kappa shape index (κ2) is 5.50. The van der Waals surface area contributed by atoms with Crippen LogP contribution < -0.4 is 11.1 Å². The molecule has 1 fully saturated rings. The summed E-state index contributed by atoms with van der Waals surface area (Å²) >= 11 is 0. The third-order valence-corrected chi connectivity index (χ3v) is 4.10. The number of para-hydroxylation sites is 1. The fraction of sp³-hybridized carbons (Fsp3) is 0.438. The van der Waals surface area contributed by atoms with E-state index in [-0.39, 0.29) is 11.4 Å². The van der Waals surface area contributed by atoms with Crippen molar-refractivity contribution in [2.45, 2.75) is 31.3 Å². The third-order valence-electron chi connectivity index (χ3n) is 4.10. The number of carbonyl (C=O) groups is 1. The van der Waals surface area contributed by atoms with Crippen LogP contribution in [0.5, 0.6) is 0 Å². The molecular weight excluding hydrogens is 266 g/mol. The van der Waals surface area contributed by atoms with Gasteiger partial charge in [0.1, 0.15) is 0 Å². The fourth-order valence-corrected chi connectivity index (χ4v) is 2.79. The molecule has 4 N–H and O–H groups in total. The molecule has 2 aromatic rings. The molecule has 1 unspecified atom stereocenters. The first-order chi connectivity index (χ1) is 10.1. The highest BCUT2D eigenvalue weighted by Crippen LogP contribution is 2.20. The van der Waals surface area contributed by atoms with Gasteiger partial charge >= 0.3 is 0 Å². The van der Waals surface area contributed by atoms with Gasteiger partial charge in [0.05, 0.1) is 18.2 Å². The minimum atomic E-state index is -0.554. The van der Waals surface area contributed by atoms with Crippen LogP contribution in [-0.2, 0) is 16.0 Å². The molecule has 0 spiro atoms. The zero-order chi connectivity index (χ0) is 14.9. The third kappa shape index (κ3) is 2.94. The Balaban J connectivity index is 1.68. The largest absolute Gasteiger partial charge is 0.379 e. The van der Waals surface area contributed by atoms with Gasteiger partial charge in [0.15, 0.2) is 0 Å². The van der Waals surface area contributed by atoms with Gasteiger partial charge < -0.3 is 20.8 Å². The molecule has 1 saturated heterocycles. The van der Waals surface area contributed by atoms with Crippen LogP contribution >= 0.6 is 0 Å². The number of hydrogen-bond acceptors (Lipinski definition) is 3. The van der Waals surface area contributed by atoms with Crippen LogP contribution in [0, 0.1) is 0 Å². The van der Waals surface area contributed by atoms with E-state index in [0.717, 1.165) is 22.9 Å². The summed E-state index contributed by atoms with van der Waals surface area (Å²) in [5.74, 6) is -0.117. The van der Waals surface area contributed by atoms with Crippen molar-refractivity contribution < 1.29 is 9.53 Å². The standard InChI is InChI=1S/C16H21N3O2/c1-16(6-7-21-10-16)19-15(20)13(17)8-11-9-18-14-5-3-2-4-12(11)14/h2-5,9,13,18H,6-8,10,17H2,1H3,(H,19,20)/t13-,16?/m0/s1. The van der Waals surface area contributed by atoms with Gasteiger partial charge in [-0.3, -0.25) is 4.79 Å². The molecule has 2 atom stereocenters. The molecule has 5 nitrogen and oxygen atoms in total. The Morgan fingerprint density at radius 2 is 2.33 bits per heavy atom. The van der Waals surface area contributed by atoms with E-state index in [9.17, 15) is 4.79 Å². The summed E-state index contributed by atoms with van der Waals surface area (Å²) in [6.07, 6.45) is 3.28. The summed E-state index contributed by atoms with van der Waals surface area (Å²) in [5, 5.41) is 4.14. The van der Waals surface area contributed by atoms with E-state index >= 15 is 0 Å². The average Bonchev–Trinajstić information content (AvgIpc) is 3.06. The fourth-order valence-electron chi connectivity index (χ4n) is 2.79. The van der Waals surface area contributed by atoms with Gasteiger partial charge in [-0.1, -0.05) is 18.2 Å². The van der Waals surface area contributed by atoms with E-state index < -0.39 is 6.04 Å². The van der Waals surface area contributed by atoms with Gasteiger partial charge in [0, 0.05) is 23.7 Å². The van der Waals surface area contributed by atoms with Crippen molar-refractivity contribution in [2.24, 2.45) is 5.73 Å². The first-order valence-corrected chi connectivity index (χ1v) is 7.28. The maximum Gasteiger partial charge on any atom is 0.237 e. The van der Waals surface area contributed by atoms with Crippen LogP contribution in [0.15, 0.2) is 30.5 Å². The molecule has 0 radical (unpaired) electrons. The van der Waals surface area contributed by atoms with Crippen LogP contribution in [0.2, 0.25) is 0 Å². The van der Waals surface area contributed by atoms with E-state index in [1.54, 1.807) is 0 Å². The maximum atomic E-state index is 12.3. The number of rotatable bonds is 4. The highest BCUT2D eigenvalue weighted by Gasteiger charge is 2.32. The number of aromatic amines is 1. The number of aromatic nitrogens is 1. The number of ether oxygens (including phenoxy) is 1. The van der Waals surface area contributed by atoms with Crippen molar-refractivity contribution in [1.29, 1.82) is 0 Å². The molecule has 3 rings (SSSR count). The van der Waals surface area contributed by atoms with E-state index in [2.05, 4.69) is 10.3 Å². The van der Waals surface area contributed by atoms with Crippen LogP contribution in [-0.4, -0.2) is 35.7 Å². The Hall–Kier alpha value is -1.85. The summed E-state index contributed by atoms with van der Waals surface area (Å²) < 4.78 is 5.34. The second-order valence-electron chi connectivity index (χ2n) is 6.02. The molecule has 1 aliphatic rings. The molecule has 0 bridgehead atoms. The number of H-pyrrole nitrogens is 1. The van der Waals surface area contributed by atoms with Gasteiger partial charge in [-0.15, -0.1) is 0 Å². The van der Waals surface area contributed by atoms with Gasteiger partial charge in [0.2, 0.25) is 5.91 Å². The van der Waals surface area contributed by atoms with Crippen molar-refractivity contribution in [2.75, 3.05) is 13.2 Å². The number of hydrogen-bond donors (Lipinski definition) is 3. The Morgan fingerprint density at radius 3 is 3.10 bits per heavy atom. The molecule has 1 aromatic heterocycles. The highest BCUT2D eigenvalue weighted by atomic mass is 16.5. The molecule has 21 heavy (non-hydrogen) atoms. The van der Waals surface area contributed by atoms with E-state index in [4.69, 9.17) is 10.5 Å². The number of amides is 1. The predicted octanol–water partition coefficient (Wildman–Crippen LogP) is 1.33. The first kappa shape index (κ1) is 14.1. The molecule has 0 saturated carbocycles. The minimum Gasteiger partial charge on any atom is -0.379 e. The summed E-state index contributed by atoms with van der Waals surface area (Å²) in [4.78, 5) is 15.5. The molecule has 1 aromatic carbocycles. The Bertz CT molecular complexity index is 644. The maximum absolute atomic E-state index is 12.3. The molecular formula is C16H21N3O2. The van der Waals surface area contributed by atoms with Gasteiger partial charge in [-0.2, -0.15) is 0 Å². The van der Waals surface area contributed by atoms with Crippen molar-refractivity contribution in [3.63, 3.8) is 0 Å². The van der Waals surface area contributed by atoms with Crippen LogP contribution in [0.25, 0.3) is 10.9 Å². The zero-order valence-electron chi connectivity index (χ0n) is 12.2. The van der Waals surface area contributed by atoms with Crippen LogP contribution in [0.4, 0.5) is 0 Å². The predicted molar refractivity (Wildman–Crippen MR) is 82.0 cm³/mol. The number of fused-ring (bicyclic) bond motifs is 1. The molecule has 1 amide bonds. The summed E-state index contributed by atoms with van der Waals surface area (Å²) in [5.41, 5.74) is 7.92. The highest BCUT2D eigenvalue weighted by molar-refractivity contribution is 5.86. The smallest absolute Gasteiger partial charge is 0.237 e. The lowest BCUT2D eigenvalue weighted by atomic mass is 9.99. The lowest BCUT2D eigenvalue weighted by molar-refractivity contribution is -0.124. The quantitative estimate of drug-likeness (QED) is 0.793. The number of nitrogens with one attached hydrogen (secondary N) is 2. The number of nitrogens with two attached hydrogens (primary N) is 1. The van der Waals surface area contributed by atoms with Crippen molar-refractivity contribution in [1.82, 2.24) is 10.3 Å². The SMILES string of the molecule is CC1(NC(=O)[C@@H](N)Cc2c[nH]c3ccccc23)CCOC1. The van der Waals surface area contributed by atoms with Crippen LogP contribution in [0.3, 0.4) is 0 Å². The molecule has 2 heterocycles. The average molecular weight is 287 g/mol. The monoisotopic (exact) mass is 287 g/mol. The van der Waals surface area contributed by atoms with Crippen LogP contribution in [0.1, 0.15) is 18.9 Å². The number of benzene rings is 1. The lowest BCUT2D eigenvalue weighted by Gasteiger charge is -2.25. The molecule has 0 aliphatic carbocycles.